The minimum atomic E-state index is -0.0619. The number of amides is 2. The van der Waals surface area contributed by atoms with E-state index in [0.717, 1.165) is 62.3 Å². The van der Waals surface area contributed by atoms with Crippen LogP contribution < -0.4 is 25.6 Å². The van der Waals surface area contributed by atoms with Crippen molar-refractivity contribution in [2.45, 2.75) is 57.2 Å². The highest BCUT2D eigenvalue weighted by Gasteiger charge is 2.42. The maximum atomic E-state index is 13.0. The summed E-state index contributed by atoms with van der Waals surface area (Å²) in [7, 11) is 1.62. The summed E-state index contributed by atoms with van der Waals surface area (Å²) < 4.78 is 5.37. The summed E-state index contributed by atoms with van der Waals surface area (Å²) in [5.41, 5.74) is 2.13. The van der Waals surface area contributed by atoms with Crippen LogP contribution >= 0.6 is 0 Å². The molecule has 2 amide bonds. The Hall–Kier alpha value is -3.13. The second-order valence-corrected chi connectivity index (χ2v) is 10.0. The number of hydrogen-bond donors (Lipinski definition) is 3. The average Bonchev–Trinajstić information content (AvgIpc) is 3.48. The van der Waals surface area contributed by atoms with E-state index in [1.54, 1.807) is 13.3 Å². The van der Waals surface area contributed by atoms with Gasteiger partial charge in [-0.1, -0.05) is 6.07 Å². The molecule has 186 valence electrons. The summed E-state index contributed by atoms with van der Waals surface area (Å²) in [6.45, 7) is 4.61. The Labute approximate surface area is 206 Å². The van der Waals surface area contributed by atoms with E-state index in [0.29, 0.717) is 35.7 Å². The predicted molar refractivity (Wildman–Crippen MR) is 135 cm³/mol. The Morgan fingerprint density at radius 3 is 2.57 bits per heavy atom. The van der Waals surface area contributed by atoms with Crippen LogP contribution in [0.1, 0.15) is 58.4 Å². The van der Waals surface area contributed by atoms with Gasteiger partial charge in [0.1, 0.15) is 11.6 Å². The molecule has 3 N–H and O–H groups in total. The van der Waals surface area contributed by atoms with Gasteiger partial charge in [-0.2, -0.15) is 0 Å². The highest BCUT2D eigenvalue weighted by atomic mass is 16.5. The molecule has 3 aliphatic heterocycles. The maximum absolute atomic E-state index is 13.0. The summed E-state index contributed by atoms with van der Waals surface area (Å²) in [5, 5.41) is 9.63. The molecule has 2 bridgehead atoms. The lowest BCUT2D eigenvalue weighted by atomic mass is 9.96. The molecule has 4 heterocycles. The molecular formula is C27H35N5O3. The van der Waals surface area contributed by atoms with Crippen molar-refractivity contribution in [1.29, 1.82) is 0 Å². The zero-order valence-corrected chi connectivity index (χ0v) is 20.5. The van der Waals surface area contributed by atoms with Crippen molar-refractivity contribution in [3.05, 3.63) is 53.2 Å². The van der Waals surface area contributed by atoms with Gasteiger partial charge in [0.05, 0.1) is 12.7 Å². The van der Waals surface area contributed by atoms with Crippen LogP contribution in [0.4, 0.5) is 5.82 Å². The number of methoxy groups -OCH3 is 1. The molecule has 0 aliphatic carbocycles. The first-order valence-corrected chi connectivity index (χ1v) is 12.7. The van der Waals surface area contributed by atoms with Crippen LogP contribution in [-0.4, -0.2) is 61.7 Å². The summed E-state index contributed by atoms with van der Waals surface area (Å²) >= 11 is 0. The van der Waals surface area contributed by atoms with Crippen LogP contribution in [0.15, 0.2) is 36.5 Å². The monoisotopic (exact) mass is 477 g/mol. The lowest BCUT2D eigenvalue weighted by molar-refractivity contribution is 0.0923. The number of nitrogens with one attached hydrogen (secondary N) is 3. The number of aromatic nitrogens is 1. The number of pyridine rings is 1. The molecule has 0 radical (unpaired) electrons. The van der Waals surface area contributed by atoms with Crippen molar-refractivity contribution in [3.63, 3.8) is 0 Å². The van der Waals surface area contributed by atoms with Gasteiger partial charge in [-0.05, 0) is 82.3 Å². The first-order chi connectivity index (χ1) is 17.0. The number of nitrogens with zero attached hydrogens (tertiary/aromatic N) is 2. The zero-order chi connectivity index (χ0) is 24.4. The van der Waals surface area contributed by atoms with Crippen LogP contribution in [0, 0.1) is 12.8 Å². The molecule has 0 spiro atoms. The Morgan fingerprint density at radius 1 is 1.11 bits per heavy atom. The molecular weight excluding hydrogens is 442 g/mol. The topological polar surface area (TPSA) is 95.6 Å². The molecule has 3 aliphatic rings. The third kappa shape index (κ3) is 4.98. The normalized spacial score (nSPS) is 25.4. The summed E-state index contributed by atoms with van der Waals surface area (Å²) in [6, 6.07) is 10.2. The summed E-state index contributed by atoms with van der Waals surface area (Å²) in [4.78, 5) is 32.6. The number of ether oxygens (including phenoxy) is 1. The second-order valence-electron chi connectivity index (χ2n) is 10.0. The first-order valence-electron chi connectivity index (χ1n) is 12.7. The fourth-order valence-electron chi connectivity index (χ4n) is 5.91. The third-order valence-corrected chi connectivity index (χ3v) is 7.81. The predicted octanol–water partition coefficient (Wildman–Crippen LogP) is 2.67. The molecule has 3 saturated heterocycles. The quantitative estimate of drug-likeness (QED) is 0.568. The van der Waals surface area contributed by atoms with Gasteiger partial charge in [0.25, 0.3) is 11.8 Å². The smallest absolute Gasteiger partial charge is 0.252 e. The van der Waals surface area contributed by atoms with Gasteiger partial charge in [-0.3, -0.25) is 9.59 Å². The van der Waals surface area contributed by atoms with Crippen molar-refractivity contribution in [2.75, 3.05) is 31.6 Å². The largest absolute Gasteiger partial charge is 0.496 e. The first kappa shape index (κ1) is 23.6. The summed E-state index contributed by atoms with van der Waals surface area (Å²) in [5.74, 6) is 2.06. The molecule has 5 rings (SSSR count). The molecule has 1 aromatic heterocycles. The number of rotatable bonds is 7. The maximum Gasteiger partial charge on any atom is 0.252 e. The summed E-state index contributed by atoms with van der Waals surface area (Å²) in [6.07, 6.45) is 6.77. The zero-order valence-electron chi connectivity index (χ0n) is 20.5. The van der Waals surface area contributed by atoms with E-state index in [-0.39, 0.29) is 17.9 Å². The average molecular weight is 478 g/mol. The molecule has 0 saturated carbocycles. The molecule has 2 aromatic rings. The van der Waals surface area contributed by atoms with Gasteiger partial charge < -0.3 is 25.6 Å². The number of piperidine rings is 1. The van der Waals surface area contributed by atoms with E-state index in [1.165, 1.54) is 0 Å². The number of benzene rings is 1. The van der Waals surface area contributed by atoms with Crippen molar-refractivity contribution >= 4 is 17.6 Å². The van der Waals surface area contributed by atoms with Crippen LogP contribution in [0.2, 0.25) is 0 Å². The van der Waals surface area contributed by atoms with Gasteiger partial charge in [-0.15, -0.1) is 0 Å². The van der Waals surface area contributed by atoms with Crippen LogP contribution in [-0.2, 0) is 0 Å². The molecule has 1 aromatic carbocycles. The standard InChI is InChI=1S/C27H35N5O3/c1-17-23(4-3-5-24(17)35-2)27(34)31-20-12-21-7-8-22(13-20)32(21)25-9-6-19(16-29-25)26(33)30-15-18-10-11-28-14-18/h3-6,9,16,18,20-22,28H,7-8,10-15H2,1-2H3,(H,30,33)(H,31,34)/t18?,20?,21-,22+. The third-order valence-electron chi connectivity index (χ3n) is 7.81. The highest BCUT2D eigenvalue weighted by molar-refractivity contribution is 5.96. The Bertz CT molecular complexity index is 1050. The number of carbonyl (C=O) groups excluding carboxylic acids is 2. The Morgan fingerprint density at radius 2 is 1.91 bits per heavy atom. The number of carbonyl (C=O) groups is 2. The second kappa shape index (κ2) is 10.2. The van der Waals surface area contributed by atoms with Crippen LogP contribution in [0.25, 0.3) is 0 Å². The van der Waals surface area contributed by atoms with Gasteiger partial charge in [0.2, 0.25) is 0 Å². The molecule has 4 atom stereocenters. The van der Waals surface area contributed by atoms with Crippen LogP contribution in [0.5, 0.6) is 5.75 Å². The lowest BCUT2D eigenvalue weighted by Gasteiger charge is -2.40. The number of anilines is 1. The number of fused-ring (bicyclic) bond motifs is 2. The van der Waals surface area contributed by atoms with E-state index in [9.17, 15) is 9.59 Å². The van der Waals surface area contributed by atoms with Crippen molar-refractivity contribution in [3.8, 4) is 5.75 Å². The lowest BCUT2D eigenvalue weighted by Crippen LogP contribution is -2.50. The van der Waals surface area contributed by atoms with E-state index >= 15 is 0 Å². The fourth-order valence-corrected chi connectivity index (χ4v) is 5.91. The van der Waals surface area contributed by atoms with E-state index < -0.39 is 0 Å². The molecule has 2 unspecified atom stereocenters. The van der Waals surface area contributed by atoms with Gasteiger partial charge >= 0.3 is 0 Å². The van der Waals surface area contributed by atoms with Gasteiger partial charge in [0.15, 0.2) is 0 Å². The van der Waals surface area contributed by atoms with E-state index in [1.807, 2.05) is 37.3 Å². The van der Waals surface area contributed by atoms with Crippen molar-refractivity contribution < 1.29 is 14.3 Å². The number of hydrogen-bond acceptors (Lipinski definition) is 6. The molecule has 35 heavy (non-hydrogen) atoms. The Kier molecular flexibility index (Phi) is 6.90. The van der Waals surface area contributed by atoms with Gasteiger partial charge in [0, 0.05) is 42.0 Å². The SMILES string of the molecule is COc1cccc(C(=O)NC2C[C@H]3CC[C@@H](C2)N3c2ccc(C(=O)NCC3CCNC3)cn2)c1C. The minimum absolute atomic E-state index is 0.0406. The van der Waals surface area contributed by atoms with Crippen molar-refractivity contribution in [1.82, 2.24) is 20.9 Å². The van der Waals surface area contributed by atoms with Crippen molar-refractivity contribution in [2.24, 2.45) is 5.92 Å². The molecule has 8 nitrogen and oxygen atoms in total. The molecule has 8 heteroatoms. The van der Waals surface area contributed by atoms with E-state index in [4.69, 9.17) is 4.74 Å². The van der Waals surface area contributed by atoms with Gasteiger partial charge in [-0.25, -0.2) is 4.98 Å². The van der Waals surface area contributed by atoms with E-state index in [2.05, 4.69) is 25.8 Å². The fraction of sp³-hybridized carbons (Fsp3) is 0.519. The minimum Gasteiger partial charge on any atom is -0.496 e. The Balaban J connectivity index is 1.19. The molecule has 3 fully saturated rings. The van der Waals surface area contributed by atoms with Crippen LogP contribution in [0.3, 0.4) is 0 Å². The highest BCUT2D eigenvalue weighted by Crippen LogP contribution is 2.38.